The summed E-state index contributed by atoms with van der Waals surface area (Å²) in [6, 6.07) is 11.8. The van der Waals surface area contributed by atoms with Gasteiger partial charge in [-0.15, -0.1) is 5.10 Å². The van der Waals surface area contributed by atoms with Crippen LogP contribution in [0.4, 0.5) is 17.5 Å². The number of benzene rings is 1. The van der Waals surface area contributed by atoms with E-state index in [9.17, 15) is 4.79 Å². The van der Waals surface area contributed by atoms with E-state index in [0.29, 0.717) is 37.9 Å². The highest BCUT2D eigenvalue weighted by atomic mass is 16.3. The molecule has 8 heteroatoms. The molecule has 4 heterocycles. The Morgan fingerprint density at radius 2 is 1.86 bits per heavy atom. The number of carbonyl (C=O) groups excluding carboxylic acids is 1. The molecule has 5 rings (SSSR count). The van der Waals surface area contributed by atoms with Crippen LogP contribution in [-0.2, 0) is 6.42 Å². The van der Waals surface area contributed by atoms with Gasteiger partial charge in [-0.25, -0.2) is 0 Å². The molecule has 1 amide bonds. The van der Waals surface area contributed by atoms with Crippen molar-refractivity contribution in [2.45, 2.75) is 6.42 Å². The molecule has 0 aliphatic carbocycles. The van der Waals surface area contributed by atoms with E-state index in [1.54, 1.807) is 18.3 Å². The normalized spacial score (nSPS) is 16.4. The number of piperazine rings is 1. The first-order valence-corrected chi connectivity index (χ1v) is 9.42. The molecule has 0 radical (unpaired) electrons. The van der Waals surface area contributed by atoms with E-state index < -0.39 is 0 Å². The minimum absolute atomic E-state index is 0.0696. The van der Waals surface area contributed by atoms with Crippen LogP contribution in [0.1, 0.15) is 16.1 Å². The first-order chi connectivity index (χ1) is 13.8. The summed E-state index contributed by atoms with van der Waals surface area (Å²) in [5.74, 6) is 1.72. The van der Waals surface area contributed by atoms with Gasteiger partial charge in [0.25, 0.3) is 11.9 Å². The summed E-state index contributed by atoms with van der Waals surface area (Å²) in [7, 11) is 0. The lowest BCUT2D eigenvalue weighted by Crippen LogP contribution is -2.49. The number of anilines is 3. The highest BCUT2D eigenvalue weighted by Crippen LogP contribution is 2.32. The molecule has 0 unspecified atom stereocenters. The zero-order valence-corrected chi connectivity index (χ0v) is 15.4. The van der Waals surface area contributed by atoms with Gasteiger partial charge in [0.2, 0.25) is 0 Å². The van der Waals surface area contributed by atoms with Gasteiger partial charge in [-0.2, -0.15) is 10.1 Å². The lowest BCUT2D eigenvalue weighted by molar-refractivity contribution is 0.0714. The monoisotopic (exact) mass is 376 g/mol. The number of carbonyl (C=O) groups is 1. The minimum atomic E-state index is -0.0696. The zero-order chi connectivity index (χ0) is 18.9. The van der Waals surface area contributed by atoms with E-state index in [1.165, 1.54) is 11.8 Å². The molecule has 3 aromatic rings. The summed E-state index contributed by atoms with van der Waals surface area (Å²) in [4.78, 5) is 23.2. The standard InChI is InChI=1S/C20H20N6O2/c27-19(17-6-3-13-28-17)25-11-9-24(10-12-25)18-14-21-23-20(22-18)26-8-7-15-4-1-2-5-16(15)26/h1-6,13-14H,7-12H2. The van der Waals surface area contributed by atoms with Crippen molar-refractivity contribution in [2.75, 3.05) is 42.5 Å². The van der Waals surface area contributed by atoms with Crippen molar-refractivity contribution in [1.29, 1.82) is 0 Å². The van der Waals surface area contributed by atoms with Crippen LogP contribution in [0.3, 0.4) is 0 Å². The molecule has 1 fully saturated rings. The number of furan rings is 1. The van der Waals surface area contributed by atoms with E-state index in [2.05, 4.69) is 38.2 Å². The molecule has 0 saturated carbocycles. The molecular weight excluding hydrogens is 356 g/mol. The van der Waals surface area contributed by atoms with Crippen LogP contribution in [0.2, 0.25) is 0 Å². The Labute approximate surface area is 162 Å². The SMILES string of the molecule is O=C(c1ccco1)N1CCN(c2cnnc(N3CCc4ccccc43)n2)CC1. The average molecular weight is 376 g/mol. The van der Waals surface area contributed by atoms with Crippen molar-refractivity contribution < 1.29 is 9.21 Å². The maximum atomic E-state index is 12.4. The van der Waals surface area contributed by atoms with Crippen molar-refractivity contribution in [1.82, 2.24) is 20.1 Å². The van der Waals surface area contributed by atoms with Crippen molar-refractivity contribution in [3.05, 3.63) is 60.2 Å². The van der Waals surface area contributed by atoms with Crippen LogP contribution >= 0.6 is 0 Å². The number of fused-ring (bicyclic) bond motifs is 1. The van der Waals surface area contributed by atoms with Crippen LogP contribution in [0.5, 0.6) is 0 Å². The molecule has 0 N–H and O–H groups in total. The number of amides is 1. The van der Waals surface area contributed by atoms with Crippen LogP contribution < -0.4 is 9.80 Å². The number of hydrogen-bond donors (Lipinski definition) is 0. The molecule has 0 bridgehead atoms. The predicted molar refractivity (Wildman–Crippen MR) is 104 cm³/mol. The Morgan fingerprint density at radius 1 is 1.00 bits per heavy atom. The second-order valence-corrected chi connectivity index (χ2v) is 6.90. The molecule has 2 aromatic heterocycles. The van der Waals surface area contributed by atoms with Gasteiger partial charge in [-0.05, 0) is 30.2 Å². The number of rotatable bonds is 3. The Bertz CT molecular complexity index is 982. The molecular formula is C20H20N6O2. The van der Waals surface area contributed by atoms with Crippen LogP contribution in [0.25, 0.3) is 0 Å². The lowest BCUT2D eigenvalue weighted by Gasteiger charge is -2.35. The summed E-state index contributed by atoms with van der Waals surface area (Å²) in [6.45, 7) is 3.48. The van der Waals surface area contributed by atoms with Crippen molar-refractivity contribution in [3.8, 4) is 0 Å². The Kier molecular flexibility index (Phi) is 4.16. The van der Waals surface area contributed by atoms with Gasteiger partial charge in [0, 0.05) is 38.4 Å². The Morgan fingerprint density at radius 3 is 2.68 bits per heavy atom. The highest BCUT2D eigenvalue weighted by molar-refractivity contribution is 5.91. The van der Waals surface area contributed by atoms with E-state index in [4.69, 9.17) is 9.40 Å². The van der Waals surface area contributed by atoms with E-state index in [-0.39, 0.29) is 5.91 Å². The maximum absolute atomic E-state index is 12.4. The number of aromatic nitrogens is 3. The topological polar surface area (TPSA) is 78.6 Å². The number of para-hydroxylation sites is 1. The van der Waals surface area contributed by atoms with Crippen molar-refractivity contribution >= 4 is 23.4 Å². The molecule has 28 heavy (non-hydrogen) atoms. The van der Waals surface area contributed by atoms with Gasteiger partial charge in [0.15, 0.2) is 11.6 Å². The fourth-order valence-electron chi connectivity index (χ4n) is 3.79. The lowest BCUT2D eigenvalue weighted by atomic mass is 10.2. The second kappa shape index (κ2) is 6.95. The quantitative estimate of drug-likeness (QED) is 0.693. The van der Waals surface area contributed by atoms with Gasteiger partial charge in [0.1, 0.15) is 0 Å². The van der Waals surface area contributed by atoms with Crippen LogP contribution in [0.15, 0.2) is 53.3 Å². The zero-order valence-electron chi connectivity index (χ0n) is 15.4. The second-order valence-electron chi connectivity index (χ2n) is 6.90. The van der Waals surface area contributed by atoms with Crippen molar-refractivity contribution in [3.63, 3.8) is 0 Å². The molecule has 0 atom stereocenters. The van der Waals surface area contributed by atoms with E-state index in [1.807, 2.05) is 11.0 Å². The molecule has 8 nitrogen and oxygen atoms in total. The number of hydrogen-bond acceptors (Lipinski definition) is 7. The third-order valence-electron chi connectivity index (χ3n) is 5.29. The maximum Gasteiger partial charge on any atom is 0.289 e. The Balaban J connectivity index is 1.30. The third-order valence-corrected chi connectivity index (χ3v) is 5.29. The van der Waals surface area contributed by atoms with Gasteiger partial charge in [-0.3, -0.25) is 4.79 Å². The van der Waals surface area contributed by atoms with Gasteiger partial charge < -0.3 is 19.1 Å². The smallest absolute Gasteiger partial charge is 0.289 e. The van der Waals surface area contributed by atoms with Gasteiger partial charge in [-0.1, -0.05) is 18.2 Å². The van der Waals surface area contributed by atoms with E-state index >= 15 is 0 Å². The number of nitrogens with zero attached hydrogens (tertiary/aromatic N) is 6. The largest absolute Gasteiger partial charge is 0.459 e. The first-order valence-electron chi connectivity index (χ1n) is 9.42. The molecule has 142 valence electrons. The molecule has 2 aliphatic heterocycles. The Hall–Kier alpha value is -3.42. The predicted octanol–water partition coefficient (Wildman–Crippen LogP) is 2.12. The summed E-state index contributed by atoms with van der Waals surface area (Å²) in [5, 5.41) is 8.43. The molecule has 1 saturated heterocycles. The van der Waals surface area contributed by atoms with Crippen LogP contribution in [-0.4, -0.2) is 58.7 Å². The molecule has 0 spiro atoms. The van der Waals surface area contributed by atoms with Gasteiger partial charge in [0.05, 0.1) is 12.5 Å². The van der Waals surface area contributed by atoms with Crippen LogP contribution in [0, 0.1) is 0 Å². The first kappa shape index (κ1) is 16.7. The van der Waals surface area contributed by atoms with Gasteiger partial charge >= 0.3 is 0 Å². The summed E-state index contributed by atoms with van der Waals surface area (Å²) >= 11 is 0. The highest BCUT2D eigenvalue weighted by Gasteiger charge is 2.26. The fraction of sp³-hybridized carbons (Fsp3) is 0.300. The fourth-order valence-corrected chi connectivity index (χ4v) is 3.79. The summed E-state index contributed by atoms with van der Waals surface area (Å²) in [5.41, 5.74) is 2.46. The molecule has 1 aromatic carbocycles. The average Bonchev–Trinajstić information content (AvgIpc) is 3.44. The summed E-state index contributed by atoms with van der Waals surface area (Å²) < 4.78 is 5.22. The van der Waals surface area contributed by atoms with Crippen molar-refractivity contribution in [2.24, 2.45) is 0 Å². The summed E-state index contributed by atoms with van der Waals surface area (Å²) in [6.07, 6.45) is 4.20. The third kappa shape index (κ3) is 2.96. The molecule has 2 aliphatic rings. The minimum Gasteiger partial charge on any atom is -0.459 e. The van der Waals surface area contributed by atoms with E-state index in [0.717, 1.165) is 24.5 Å².